The molecule has 0 aliphatic rings. The molecule has 0 fully saturated rings. The molecule has 5 aromatic carbocycles. The van der Waals surface area contributed by atoms with Crippen LogP contribution in [0.4, 0.5) is 43.9 Å². The Labute approximate surface area is 195 Å². The van der Waals surface area contributed by atoms with Gasteiger partial charge in [-0.2, -0.15) is 0 Å². The van der Waals surface area contributed by atoms with Gasteiger partial charge in [-0.1, -0.05) is 36.4 Å². The van der Waals surface area contributed by atoms with Gasteiger partial charge in [0.25, 0.3) is 0 Å². The monoisotopic (exact) mass is 510 g/mol. The van der Waals surface area contributed by atoms with Gasteiger partial charge in [-0.15, -0.1) is 0 Å². The standard InChI is InChI=1S/C26H8F10/c27-10-6-7-11-12(8-10)14(17-20(30)24(34)26(36)25(35)21(17)31)16-15(13(11)9-4-2-1-3-5-9)18(28)22(32)23(33)19(16)29/h1-8H. The average Bonchev–Trinajstić information content (AvgIpc) is 2.88. The van der Waals surface area contributed by atoms with Gasteiger partial charge in [-0.25, -0.2) is 43.9 Å². The van der Waals surface area contributed by atoms with Crippen molar-refractivity contribution in [2.75, 3.05) is 0 Å². The van der Waals surface area contributed by atoms with Crippen LogP contribution in [0, 0.1) is 58.2 Å². The topological polar surface area (TPSA) is 0 Å². The van der Waals surface area contributed by atoms with Crippen molar-refractivity contribution >= 4 is 21.5 Å². The summed E-state index contributed by atoms with van der Waals surface area (Å²) in [6.45, 7) is 0. The van der Waals surface area contributed by atoms with Crippen molar-refractivity contribution in [1.82, 2.24) is 0 Å². The van der Waals surface area contributed by atoms with Gasteiger partial charge in [-0.05, 0) is 28.5 Å². The third kappa shape index (κ3) is 3.16. The minimum atomic E-state index is -2.54. The first kappa shape index (κ1) is 23.7. The van der Waals surface area contributed by atoms with E-state index < -0.39 is 85.5 Å². The summed E-state index contributed by atoms with van der Waals surface area (Å²) in [6.07, 6.45) is 0. The number of hydrogen-bond donors (Lipinski definition) is 0. The lowest BCUT2D eigenvalue weighted by atomic mass is 9.84. The first-order valence-corrected chi connectivity index (χ1v) is 10.0. The summed E-state index contributed by atoms with van der Waals surface area (Å²) in [5.74, 6) is -22.3. The second-order valence-corrected chi connectivity index (χ2v) is 7.76. The predicted molar refractivity (Wildman–Crippen MR) is 112 cm³/mol. The third-order valence-electron chi connectivity index (χ3n) is 5.81. The highest BCUT2D eigenvalue weighted by Crippen LogP contribution is 2.48. The molecule has 0 unspecified atom stereocenters. The minimum absolute atomic E-state index is 0.0763. The van der Waals surface area contributed by atoms with E-state index in [-0.39, 0.29) is 16.5 Å². The highest BCUT2D eigenvalue weighted by molar-refractivity contribution is 6.21. The van der Waals surface area contributed by atoms with Gasteiger partial charge in [0.1, 0.15) is 5.82 Å². The van der Waals surface area contributed by atoms with Crippen LogP contribution in [0.2, 0.25) is 0 Å². The van der Waals surface area contributed by atoms with E-state index in [4.69, 9.17) is 0 Å². The van der Waals surface area contributed by atoms with Crippen molar-refractivity contribution in [1.29, 1.82) is 0 Å². The van der Waals surface area contributed by atoms with Crippen molar-refractivity contribution in [3.8, 4) is 22.3 Å². The summed E-state index contributed by atoms with van der Waals surface area (Å²) in [4.78, 5) is 0. The third-order valence-corrected chi connectivity index (χ3v) is 5.81. The lowest BCUT2D eigenvalue weighted by Crippen LogP contribution is -2.07. The maximum absolute atomic E-state index is 15.3. The molecular formula is C26H8F10. The largest absolute Gasteiger partial charge is 0.207 e. The van der Waals surface area contributed by atoms with Crippen LogP contribution in [0.5, 0.6) is 0 Å². The van der Waals surface area contributed by atoms with Crippen molar-refractivity contribution in [3.05, 3.63) is 107 Å². The molecule has 0 atom stereocenters. The smallest absolute Gasteiger partial charge is 0.200 e. The maximum Gasteiger partial charge on any atom is 0.200 e. The Hall–Kier alpha value is -4.08. The van der Waals surface area contributed by atoms with Crippen LogP contribution in [-0.2, 0) is 0 Å². The normalized spacial score (nSPS) is 11.6. The van der Waals surface area contributed by atoms with Gasteiger partial charge in [0.15, 0.2) is 46.5 Å². The highest BCUT2D eigenvalue weighted by atomic mass is 19.2. The highest BCUT2D eigenvalue weighted by Gasteiger charge is 2.33. The maximum atomic E-state index is 15.3. The summed E-state index contributed by atoms with van der Waals surface area (Å²) in [6, 6.07) is 9.52. The molecule has 0 nitrogen and oxygen atoms in total. The Morgan fingerprint density at radius 3 is 1.39 bits per heavy atom. The molecule has 0 aromatic heterocycles. The zero-order valence-electron chi connectivity index (χ0n) is 17.4. The molecule has 0 aliphatic heterocycles. The Morgan fingerprint density at radius 2 is 0.833 bits per heavy atom. The zero-order chi connectivity index (χ0) is 26.0. The fraction of sp³-hybridized carbons (Fsp3) is 0. The molecule has 36 heavy (non-hydrogen) atoms. The van der Waals surface area contributed by atoms with Gasteiger partial charge in [0.2, 0.25) is 5.82 Å². The van der Waals surface area contributed by atoms with E-state index in [2.05, 4.69) is 0 Å². The first-order valence-electron chi connectivity index (χ1n) is 10.0. The molecule has 0 bridgehead atoms. The summed E-state index contributed by atoms with van der Waals surface area (Å²) in [5.41, 5.74) is -3.27. The molecule has 10 heteroatoms. The van der Waals surface area contributed by atoms with Gasteiger partial charge < -0.3 is 0 Å². The van der Waals surface area contributed by atoms with Crippen molar-refractivity contribution in [2.24, 2.45) is 0 Å². The number of fused-ring (bicyclic) bond motifs is 2. The van der Waals surface area contributed by atoms with E-state index in [0.29, 0.717) is 6.07 Å². The molecule has 0 saturated heterocycles. The summed E-state index contributed by atoms with van der Waals surface area (Å²) in [7, 11) is 0. The van der Waals surface area contributed by atoms with Crippen LogP contribution in [0.25, 0.3) is 43.8 Å². The van der Waals surface area contributed by atoms with Crippen LogP contribution in [-0.4, -0.2) is 0 Å². The lowest BCUT2D eigenvalue weighted by Gasteiger charge is -2.20. The molecule has 5 aromatic rings. The van der Waals surface area contributed by atoms with Gasteiger partial charge >= 0.3 is 0 Å². The number of rotatable bonds is 2. The van der Waals surface area contributed by atoms with E-state index in [1.165, 1.54) is 30.3 Å². The SMILES string of the molecule is Fc1ccc2c(-c3ccccc3)c3c(F)c(F)c(F)c(F)c3c(-c3c(F)c(F)c(F)c(F)c3F)c2c1. The molecule has 0 spiro atoms. The molecule has 5 rings (SSSR count). The van der Waals surface area contributed by atoms with Gasteiger partial charge in [-0.3, -0.25) is 0 Å². The molecule has 0 aliphatic carbocycles. The second kappa shape index (κ2) is 8.25. The van der Waals surface area contributed by atoms with E-state index in [1.54, 1.807) is 0 Å². The first-order chi connectivity index (χ1) is 17.1. The number of halogens is 10. The van der Waals surface area contributed by atoms with Crippen LogP contribution >= 0.6 is 0 Å². The van der Waals surface area contributed by atoms with E-state index in [9.17, 15) is 35.1 Å². The van der Waals surface area contributed by atoms with E-state index in [1.807, 2.05) is 0 Å². The van der Waals surface area contributed by atoms with Crippen molar-refractivity contribution in [3.63, 3.8) is 0 Å². The van der Waals surface area contributed by atoms with E-state index in [0.717, 1.165) is 12.1 Å². The fourth-order valence-electron chi connectivity index (χ4n) is 4.30. The Kier molecular flexibility index (Phi) is 5.42. The Balaban J connectivity index is 2.20. The minimum Gasteiger partial charge on any atom is -0.207 e. The number of hydrogen-bond acceptors (Lipinski definition) is 0. The van der Waals surface area contributed by atoms with Crippen molar-refractivity contribution in [2.45, 2.75) is 0 Å². The predicted octanol–water partition coefficient (Wildman–Crippen LogP) is 8.72. The molecule has 182 valence electrons. The molecule has 0 saturated carbocycles. The summed E-state index contributed by atoms with van der Waals surface area (Å²) >= 11 is 0. The average molecular weight is 510 g/mol. The molecule has 0 radical (unpaired) electrons. The van der Waals surface area contributed by atoms with Gasteiger partial charge in [0, 0.05) is 21.9 Å². The van der Waals surface area contributed by atoms with Crippen LogP contribution < -0.4 is 0 Å². The summed E-state index contributed by atoms with van der Waals surface area (Å²) < 4.78 is 145. The fourth-order valence-corrected chi connectivity index (χ4v) is 4.30. The molecular weight excluding hydrogens is 502 g/mol. The zero-order valence-corrected chi connectivity index (χ0v) is 17.4. The Bertz CT molecular complexity index is 1700. The molecule has 0 amide bonds. The summed E-state index contributed by atoms with van der Waals surface area (Å²) in [5, 5.41) is -3.30. The molecule has 0 heterocycles. The van der Waals surface area contributed by atoms with E-state index >= 15 is 8.78 Å². The van der Waals surface area contributed by atoms with Crippen molar-refractivity contribution < 1.29 is 43.9 Å². The van der Waals surface area contributed by atoms with Crippen LogP contribution in [0.3, 0.4) is 0 Å². The Morgan fingerprint density at radius 1 is 0.361 bits per heavy atom. The number of benzene rings is 5. The lowest BCUT2D eigenvalue weighted by molar-refractivity contribution is 0.381. The van der Waals surface area contributed by atoms with Gasteiger partial charge in [0.05, 0.1) is 5.56 Å². The van der Waals surface area contributed by atoms with Crippen LogP contribution in [0.15, 0.2) is 48.5 Å². The quantitative estimate of drug-likeness (QED) is 0.0965. The van der Waals surface area contributed by atoms with Crippen LogP contribution in [0.1, 0.15) is 0 Å². The second-order valence-electron chi connectivity index (χ2n) is 7.76. The molecule has 0 N–H and O–H groups in total.